The monoisotopic (exact) mass is 287 g/mol. The van der Waals surface area contributed by atoms with Crippen LogP contribution < -0.4 is 5.32 Å². The lowest BCUT2D eigenvalue weighted by Crippen LogP contribution is -2.47. The third kappa shape index (κ3) is 3.84. The van der Waals surface area contributed by atoms with Crippen LogP contribution in [0.15, 0.2) is 18.2 Å². The van der Waals surface area contributed by atoms with Gasteiger partial charge in [-0.3, -0.25) is 4.79 Å². The lowest BCUT2D eigenvalue weighted by Gasteiger charge is -2.35. The van der Waals surface area contributed by atoms with Crippen molar-refractivity contribution in [1.29, 1.82) is 0 Å². The molecule has 1 aromatic rings. The summed E-state index contributed by atoms with van der Waals surface area (Å²) in [6.45, 7) is 4.39. The van der Waals surface area contributed by atoms with Crippen molar-refractivity contribution in [3.63, 3.8) is 0 Å². The van der Waals surface area contributed by atoms with Crippen LogP contribution in [0, 0.1) is 18.8 Å². The molecular formula is C17H21NO3. The van der Waals surface area contributed by atoms with Gasteiger partial charge in [0, 0.05) is 23.8 Å². The van der Waals surface area contributed by atoms with Crippen LogP contribution in [0.4, 0.5) is 0 Å². The molecule has 2 rings (SSSR count). The van der Waals surface area contributed by atoms with Crippen molar-refractivity contribution < 1.29 is 14.6 Å². The van der Waals surface area contributed by atoms with Crippen molar-refractivity contribution in [3.8, 4) is 11.8 Å². The van der Waals surface area contributed by atoms with E-state index in [0.717, 1.165) is 30.6 Å². The highest BCUT2D eigenvalue weighted by atomic mass is 16.5. The summed E-state index contributed by atoms with van der Waals surface area (Å²) in [6, 6.07) is 5.66. The fraction of sp³-hybridized carbons (Fsp3) is 0.471. The Hall–Kier alpha value is -1.83. The maximum atomic E-state index is 12.3. The maximum absolute atomic E-state index is 12.3. The smallest absolute Gasteiger partial charge is 0.251 e. The Labute approximate surface area is 125 Å². The molecule has 1 aromatic carbocycles. The summed E-state index contributed by atoms with van der Waals surface area (Å²) < 4.78 is 5.49. The molecule has 0 radical (unpaired) electrons. The number of aliphatic hydroxyl groups excluding tert-OH is 1. The fourth-order valence-corrected chi connectivity index (χ4v) is 2.47. The van der Waals surface area contributed by atoms with Crippen LogP contribution in [0.1, 0.15) is 41.3 Å². The number of hydrogen-bond acceptors (Lipinski definition) is 3. The summed E-state index contributed by atoms with van der Waals surface area (Å²) in [7, 11) is 0. The number of rotatable bonds is 4. The van der Waals surface area contributed by atoms with Crippen molar-refractivity contribution in [2.75, 3.05) is 13.2 Å². The highest BCUT2D eigenvalue weighted by Crippen LogP contribution is 2.24. The fourth-order valence-electron chi connectivity index (χ4n) is 2.47. The zero-order chi connectivity index (χ0) is 15.2. The third-order valence-electron chi connectivity index (χ3n) is 3.71. The van der Waals surface area contributed by atoms with E-state index in [1.807, 2.05) is 26.0 Å². The van der Waals surface area contributed by atoms with E-state index in [-0.39, 0.29) is 24.7 Å². The molecule has 0 saturated heterocycles. The zero-order valence-electron chi connectivity index (χ0n) is 12.5. The number of carbonyl (C=O) groups excluding carboxylic acids is 1. The van der Waals surface area contributed by atoms with Crippen molar-refractivity contribution in [2.24, 2.45) is 0 Å². The second-order valence-electron chi connectivity index (χ2n) is 5.16. The number of ether oxygens (including phenoxy) is 1. The Kier molecular flexibility index (Phi) is 5.38. The molecule has 0 atom stereocenters. The van der Waals surface area contributed by atoms with Gasteiger partial charge < -0.3 is 15.2 Å². The van der Waals surface area contributed by atoms with E-state index in [1.54, 1.807) is 6.07 Å². The first kappa shape index (κ1) is 15.6. The molecule has 0 bridgehead atoms. The maximum Gasteiger partial charge on any atom is 0.251 e. The SMILES string of the molecule is CCOC1CC(NC(=O)c2cccc(C#CCO)c2C)C1. The van der Waals surface area contributed by atoms with Gasteiger partial charge in [0.25, 0.3) is 5.91 Å². The molecule has 0 aromatic heterocycles. The molecule has 0 heterocycles. The normalized spacial score (nSPS) is 20.1. The van der Waals surface area contributed by atoms with E-state index in [2.05, 4.69) is 17.2 Å². The minimum Gasteiger partial charge on any atom is -0.384 e. The molecule has 1 aliphatic carbocycles. The van der Waals surface area contributed by atoms with Crippen molar-refractivity contribution in [2.45, 2.75) is 38.8 Å². The Bertz CT molecular complexity index is 565. The van der Waals surface area contributed by atoms with E-state index >= 15 is 0 Å². The largest absolute Gasteiger partial charge is 0.384 e. The predicted octanol–water partition coefficient (Wildman–Crippen LogP) is 1.64. The minimum atomic E-state index is -0.184. The highest BCUT2D eigenvalue weighted by molar-refractivity contribution is 5.96. The second-order valence-corrected chi connectivity index (χ2v) is 5.16. The van der Waals surface area contributed by atoms with Crippen LogP contribution in [0.3, 0.4) is 0 Å². The lowest BCUT2D eigenvalue weighted by molar-refractivity contribution is -0.00863. The van der Waals surface area contributed by atoms with Crippen LogP contribution in [-0.4, -0.2) is 36.4 Å². The molecule has 2 N–H and O–H groups in total. The van der Waals surface area contributed by atoms with Gasteiger partial charge in [-0.25, -0.2) is 0 Å². The van der Waals surface area contributed by atoms with E-state index in [9.17, 15) is 4.79 Å². The van der Waals surface area contributed by atoms with Gasteiger partial charge in [-0.15, -0.1) is 0 Å². The molecule has 1 aliphatic rings. The summed E-state index contributed by atoms with van der Waals surface area (Å²) in [5.41, 5.74) is 2.26. The summed E-state index contributed by atoms with van der Waals surface area (Å²) in [5.74, 6) is 5.41. The standard InChI is InChI=1S/C17H21NO3/c1-3-21-15-10-14(11-15)18-17(20)16-8-4-6-13(12(16)2)7-5-9-19/h4,6,8,14-15,19H,3,9-11H2,1-2H3,(H,18,20). The van der Waals surface area contributed by atoms with Gasteiger partial charge in [0.15, 0.2) is 0 Å². The van der Waals surface area contributed by atoms with Crippen LogP contribution in [0.25, 0.3) is 0 Å². The van der Waals surface area contributed by atoms with Crippen LogP contribution in [0.5, 0.6) is 0 Å². The van der Waals surface area contributed by atoms with Gasteiger partial charge in [-0.2, -0.15) is 0 Å². The molecule has 0 unspecified atom stereocenters. The molecule has 1 amide bonds. The highest BCUT2D eigenvalue weighted by Gasteiger charge is 2.31. The summed E-state index contributed by atoms with van der Waals surface area (Å²) >= 11 is 0. The zero-order valence-corrected chi connectivity index (χ0v) is 12.5. The van der Waals surface area contributed by atoms with Crippen molar-refractivity contribution >= 4 is 5.91 Å². The lowest BCUT2D eigenvalue weighted by atomic mass is 9.88. The molecule has 4 nitrogen and oxygen atoms in total. The first-order valence-electron chi connectivity index (χ1n) is 7.27. The van der Waals surface area contributed by atoms with Gasteiger partial charge in [0.1, 0.15) is 6.61 Å². The average Bonchev–Trinajstić information content (AvgIpc) is 2.44. The van der Waals surface area contributed by atoms with Crippen molar-refractivity contribution in [3.05, 3.63) is 34.9 Å². The van der Waals surface area contributed by atoms with Crippen LogP contribution in [-0.2, 0) is 4.74 Å². The van der Waals surface area contributed by atoms with Gasteiger partial charge in [0.05, 0.1) is 6.10 Å². The average molecular weight is 287 g/mol. The van der Waals surface area contributed by atoms with Crippen LogP contribution >= 0.6 is 0 Å². The molecule has 21 heavy (non-hydrogen) atoms. The molecule has 0 spiro atoms. The molecule has 4 heteroatoms. The van der Waals surface area contributed by atoms with E-state index in [1.165, 1.54) is 0 Å². The Morgan fingerprint density at radius 2 is 2.24 bits per heavy atom. The molecule has 112 valence electrons. The first-order chi connectivity index (χ1) is 10.2. The number of aliphatic hydroxyl groups is 1. The molecule has 1 saturated carbocycles. The number of amides is 1. The van der Waals surface area contributed by atoms with Crippen LogP contribution in [0.2, 0.25) is 0 Å². The number of hydrogen-bond donors (Lipinski definition) is 2. The van der Waals surface area contributed by atoms with Crippen molar-refractivity contribution in [1.82, 2.24) is 5.32 Å². The van der Waals surface area contributed by atoms with Gasteiger partial charge in [-0.1, -0.05) is 17.9 Å². The van der Waals surface area contributed by atoms with Gasteiger partial charge in [-0.05, 0) is 44.4 Å². The van der Waals surface area contributed by atoms with Gasteiger partial charge >= 0.3 is 0 Å². The van der Waals surface area contributed by atoms with Gasteiger partial charge in [0.2, 0.25) is 0 Å². The first-order valence-corrected chi connectivity index (χ1v) is 7.27. The summed E-state index contributed by atoms with van der Waals surface area (Å²) in [6.07, 6.45) is 2.04. The summed E-state index contributed by atoms with van der Waals surface area (Å²) in [5, 5.41) is 11.8. The third-order valence-corrected chi connectivity index (χ3v) is 3.71. The predicted molar refractivity (Wildman–Crippen MR) is 81.0 cm³/mol. The number of benzene rings is 1. The molecule has 1 fully saturated rings. The van der Waals surface area contributed by atoms with E-state index in [0.29, 0.717) is 5.56 Å². The quantitative estimate of drug-likeness (QED) is 0.828. The second kappa shape index (κ2) is 7.26. The van der Waals surface area contributed by atoms with E-state index < -0.39 is 0 Å². The van der Waals surface area contributed by atoms with E-state index in [4.69, 9.17) is 9.84 Å². The number of nitrogens with one attached hydrogen (secondary N) is 1. The summed E-state index contributed by atoms with van der Waals surface area (Å²) in [4.78, 5) is 12.3. The Balaban J connectivity index is 2.00. The number of carbonyl (C=O) groups is 1. The Morgan fingerprint density at radius 3 is 2.90 bits per heavy atom. The molecule has 0 aliphatic heterocycles. The molecular weight excluding hydrogens is 266 g/mol. The Morgan fingerprint density at radius 1 is 1.48 bits per heavy atom. The topological polar surface area (TPSA) is 58.6 Å². The minimum absolute atomic E-state index is 0.0694.